The van der Waals surface area contributed by atoms with Crippen molar-refractivity contribution < 1.29 is 4.79 Å². The number of anilines is 1. The van der Waals surface area contributed by atoms with Gasteiger partial charge in [0, 0.05) is 28.4 Å². The number of carbonyl (C=O) groups is 1. The quantitative estimate of drug-likeness (QED) is 0.576. The van der Waals surface area contributed by atoms with Crippen molar-refractivity contribution in [2.24, 2.45) is 0 Å². The summed E-state index contributed by atoms with van der Waals surface area (Å²) < 4.78 is 0. The van der Waals surface area contributed by atoms with Crippen LogP contribution in [-0.4, -0.2) is 21.1 Å². The van der Waals surface area contributed by atoms with Crippen molar-refractivity contribution in [3.8, 4) is 11.3 Å². The molecule has 26 heavy (non-hydrogen) atoms. The van der Waals surface area contributed by atoms with Crippen LogP contribution in [0.2, 0.25) is 0 Å². The monoisotopic (exact) mass is 342 g/mol. The number of hydrogen-bond donors (Lipinski definition) is 2. The number of carbonyl (C=O) groups excluding carboxylic acids is 1. The Labute approximate surface area is 151 Å². The number of hydrogen-bond acceptors (Lipinski definition) is 3. The third kappa shape index (κ3) is 3.19. The second kappa shape index (κ2) is 6.80. The highest BCUT2D eigenvalue weighted by atomic mass is 16.1. The van der Waals surface area contributed by atoms with Gasteiger partial charge in [-0.15, -0.1) is 0 Å². The Hall–Kier alpha value is -3.47. The third-order valence-electron chi connectivity index (χ3n) is 4.38. The predicted molar refractivity (Wildman–Crippen MR) is 103 cm³/mol. The summed E-state index contributed by atoms with van der Waals surface area (Å²) in [5.74, 6) is -0.148. The maximum atomic E-state index is 12.5. The van der Waals surface area contributed by atoms with Crippen LogP contribution in [0.5, 0.6) is 0 Å². The molecule has 0 aliphatic heterocycles. The van der Waals surface area contributed by atoms with Crippen molar-refractivity contribution >= 4 is 22.5 Å². The van der Waals surface area contributed by atoms with Crippen molar-refractivity contribution in [2.75, 3.05) is 5.32 Å². The molecule has 128 valence electrons. The minimum Gasteiger partial charge on any atom is -0.322 e. The molecular formula is C21H18N4O. The zero-order valence-electron chi connectivity index (χ0n) is 14.4. The number of pyridine rings is 1. The summed E-state index contributed by atoms with van der Waals surface area (Å²) in [7, 11) is 0. The molecule has 0 aliphatic carbocycles. The Balaban J connectivity index is 1.50. The smallest absolute Gasteiger partial charge is 0.255 e. The number of fused-ring (bicyclic) bond motifs is 1. The van der Waals surface area contributed by atoms with E-state index < -0.39 is 0 Å². The molecule has 0 saturated carbocycles. The van der Waals surface area contributed by atoms with Crippen molar-refractivity contribution in [1.82, 2.24) is 15.2 Å². The molecule has 4 rings (SSSR count). The van der Waals surface area contributed by atoms with Gasteiger partial charge in [-0.3, -0.25) is 14.9 Å². The van der Waals surface area contributed by atoms with E-state index in [4.69, 9.17) is 0 Å². The van der Waals surface area contributed by atoms with Gasteiger partial charge in [0.1, 0.15) is 0 Å². The fraction of sp³-hybridized carbons (Fsp3) is 0.0952. The Bertz CT molecular complexity index is 1050. The number of aromatic nitrogens is 3. The summed E-state index contributed by atoms with van der Waals surface area (Å²) in [6, 6.07) is 17.2. The summed E-state index contributed by atoms with van der Waals surface area (Å²) in [5.41, 5.74) is 5.32. The Morgan fingerprint density at radius 1 is 1.04 bits per heavy atom. The zero-order chi connectivity index (χ0) is 17.9. The molecule has 2 aromatic heterocycles. The Morgan fingerprint density at radius 3 is 2.62 bits per heavy atom. The van der Waals surface area contributed by atoms with Gasteiger partial charge in [0.25, 0.3) is 5.91 Å². The van der Waals surface area contributed by atoms with Crippen LogP contribution in [0.15, 0.2) is 67.0 Å². The van der Waals surface area contributed by atoms with Gasteiger partial charge in [0.05, 0.1) is 17.4 Å². The van der Waals surface area contributed by atoms with Gasteiger partial charge < -0.3 is 5.32 Å². The molecule has 2 N–H and O–H groups in total. The highest BCUT2D eigenvalue weighted by molar-refractivity contribution is 6.05. The van der Waals surface area contributed by atoms with E-state index in [-0.39, 0.29) is 5.91 Å². The molecule has 4 aromatic rings. The van der Waals surface area contributed by atoms with E-state index in [2.05, 4.69) is 33.5 Å². The number of aryl methyl sites for hydroxylation is 1. The summed E-state index contributed by atoms with van der Waals surface area (Å²) >= 11 is 0. The van der Waals surface area contributed by atoms with E-state index in [0.717, 1.165) is 34.3 Å². The number of H-pyrrole nitrogens is 1. The lowest BCUT2D eigenvalue weighted by atomic mass is 10.1. The van der Waals surface area contributed by atoms with E-state index in [1.54, 1.807) is 6.20 Å². The summed E-state index contributed by atoms with van der Waals surface area (Å²) in [6.07, 6.45) is 4.61. The fourth-order valence-corrected chi connectivity index (χ4v) is 2.81. The molecule has 5 heteroatoms. The summed E-state index contributed by atoms with van der Waals surface area (Å²) in [5, 5.41) is 10.8. The molecule has 0 saturated heterocycles. The lowest BCUT2D eigenvalue weighted by Gasteiger charge is -2.07. The number of nitrogens with zero attached hydrogens (tertiary/aromatic N) is 2. The maximum absolute atomic E-state index is 12.5. The van der Waals surface area contributed by atoms with Crippen LogP contribution in [0.4, 0.5) is 5.69 Å². The molecule has 2 heterocycles. The molecule has 0 spiro atoms. The molecule has 1 amide bonds. The largest absolute Gasteiger partial charge is 0.322 e. The summed E-state index contributed by atoms with van der Waals surface area (Å²) in [4.78, 5) is 16.9. The van der Waals surface area contributed by atoms with Crippen molar-refractivity contribution in [3.05, 3.63) is 78.1 Å². The van der Waals surface area contributed by atoms with Crippen LogP contribution >= 0.6 is 0 Å². The number of nitrogens with one attached hydrogen (secondary N) is 2. The lowest BCUT2D eigenvalue weighted by Crippen LogP contribution is -2.11. The van der Waals surface area contributed by atoms with Gasteiger partial charge in [0.15, 0.2) is 0 Å². The molecule has 0 unspecified atom stereocenters. The van der Waals surface area contributed by atoms with E-state index >= 15 is 0 Å². The van der Waals surface area contributed by atoms with Crippen LogP contribution in [0.3, 0.4) is 0 Å². The second-order valence-corrected chi connectivity index (χ2v) is 6.11. The Morgan fingerprint density at radius 2 is 1.88 bits per heavy atom. The topological polar surface area (TPSA) is 70.7 Å². The first kappa shape index (κ1) is 16.0. The van der Waals surface area contributed by atoms with Crippen molar-refractivity contribution in [3.63, 3.8) is 0 Å². The molecule has 0 bridgehead atoms. The van der Waals surface area contributed by atoms with Crippen molar-refractivity contribution in [2.45, 2.75) is 13.3 Å². The molecule has 0 fully saturated rings. The molecule has 0 aliphatic rings. The molecular weight excluding hydrogens is 324 g/mol. The normalized spacial score (nSPS) is 10.8. The lowest BCUT2D eigenvalue weighted by molar-refractivity contribution is 0.102. The third-order valence-corrected chi connectivity index (χ3v) is 4.38. The number of amides is 1. The number of benzene rings is 2. The van der Waals surface area contributed by atoms with Gasteiger partial charge in [-0.2, -0.15) is 5.10 Å². The van der Waals surface area contributed by atoms with Crippen LogP contribution in [0.25, 0.3) is 22.2 Å². The number of rotatable bonds is 4. The first-order valence-corrected chi connectivity index (χ1v) is 8.53. The van der Waals surface area contributed by atoms with E-state index in [1.807, 2.05) is 54.7 Å². The maximum Gasteiger partial charge on any atom is 0.255 e. The average molecular weight is 342 g/mol. The number of aromatic amines is 1. The standard InChI is InChI=1S/C21H18N4O/c1-2-14-3-10-19(22-12-14)15-4-6-16(7-5-15)21(26)24-18-9-8-17-13-23-25-20(17)11-18/h3-13H,2H2,1H3,(H,23,25)(H,24,26). The summed E-state index contributed by atoms with van der Waals surface area (Å²) in [6.45, 7) is 2.11. The van der Waals surface area contributed by atoms with Crippen LogP contribution in [-0.2, 0) is 6.42 Å². The van der Waals surface area contributed by atoms with Gasteiger partial charge in [-0.25, -0.2) is 0 Å². The van der Waals surface area contributed by atoms with Crippen LogP contribution in [0.1, 0.15) is 22.8 Å². The Kier molecular flexibility index (Phi) is 4.19. The van der Waals surface area contributed by atoms with Gasteiger partial charge in [-0.1, -0.05) is 25.1 Å². The zero-order valence-corrected chi connectivity index (χ0v) is 14.4. The van der Waals surface area contributed by atoms with E-state index in [1.165, 1.54) is 5.56 Å². The minimum absolute atomic E-state index is 0.148. The van der Waals surface area contributed by atoms with Gasteiger partial charge in [0.2, 0.25) is 0 Å². The molecule has 5 nitrogen and oxygen atoms in total. The fourth-order valence-electron chi connectivity index (χ4n) is 2.81. The van der Waals surface area contributed by atoms with Crippen LogP contribution in [0, 0.1) is 0 Å². The average Bonchev–Trinajstić information content (AvgIpc) is 3.16. The highest BCUT2D eigenvalue weighted by Crippen LogP contribution is 2.20. The van der Waals surface area contributed by atoms with E-state index in [9.17, 15) is 4.79 Å². The minimum atomic E-state index is -0.148. The first-order valence-electron chi connectivity index (χ1n) is 8.53. The van der Waals surface area contributed by atoms with Crippen molar-refractivity contribution in [1.29, 1.82) is 0 Å². The van der Waals surface area contributed by atoms with Gasteiger partial charge in [-0.05, 0) is 48.4 Å². The first-order chi connectivity index (χ1) is 12.7. The van der Waals surface area contributed by atoms with Gasteiger partial charge >= 0.3 is 0 Å². The second-order valence-electron chi connectivity index (χ2n) is 6.11. The molecule has 0 atom stereocenters. The highest BCUT2D eigenvalue weighted by Gasteiger charge is 2.08. The van der Waals surface area contributed by atoms with E-state index in [0.29, 0.717) is 5.56 Å². The molecule has 2 aromatic carbocycles. The molecule has 0 radical (unpaired) electrons. The van der Waals surface area contributed by atoms with Crippen LogP contribution < -0.4 is 5.32 Å². The predicted octanol–water partition coefficient (Wildman–Crippen LogP) is 4.44. The SMILES string of the molecule is CCc1ccc(-c2ccc(C(=O)Nc3ccc4cn[nH]c4c3)cc2)nc1.